The maximum atomic E-state index is 10.8. The van der Waals surface area contributed by atoms with Crippen LogP contribution in [0.15, 0.2) is 6.20 Å². The van der Waals surface area contributed by atoms with E-state index in [2.05, 4.69) is 14.9 Å². The minimum Gasteiger partial charge on any atom is -0.481 e. The number of nitrogens with zero attached hydrogens (tertiary/aromatic N) is 3. The average Bonchev–Trinajstić information content (AvgIpc) is 2.32. The van der Waals surface area contributed by atoms with Gasteiger partial charge in [0, 0.05) is 25.7 Å². The lowest BCUT2D eigenvalue weighted by Gasteiger charge is -2.33. The highest BCUT2D eigenvalue weighted by molar-refractivity contribution is 5.67. The number of piperidine rings is 1. The summed E-state index contributed by atoms with van der Waals surface area (Å²) in [6.45, 7) is 5.58. The Kier molecular flexibility index (Phi) is 3.79. The number of rotatable bonds is 3. The lowest BCUT2D eigenvalue weighted by molar-refractivity contribution is -0.138. The zero-order valence-electron chi connectivity index (χ0n) is 10.9. The molecule has 1 saturated heterocycles. The molecule has 5 heteroatoms. The largest absolute Gasteiger partial charge is 0.481 e. The number of aromatic nitrogens is 2. The fourth-order valence-corrected chi connectivity index (χ4v) is 2.50. The second-order valence-electron chi connectivity index (χ2n) is 4.97. The maximum Gasteiger partial charge on any atom is 0.303 e. The van der Waals surface area contributed by atoms with Crippen molar-refractivity contribution in [1.82, 2.24) is 9.97 Å². The molecular weight excluding hydrogens is 230 g/mol. The van der Waals surface area contributed by atoms with Crippen molar-refractivity contribution in [3.8, 4) is 0 Å². The van der Waals surface area contributed by atoms with Gasteiger partial charge in [0.15, 0.2) is 0 Å². The molecule has 98 valence electrons. The molecule has 0 spiro atoms. The molecule has 18 heavy (non-hydrogen) atoms. The van der Waals surface area contributed by atoms with Crippen LogP contribution in [0, 0.1) is 19.8 Å². The molecule has 1 aliphatic heterocycles. The van der Waals surface area contributed by atoms with Gasteiger partial charge in [0.05, 0.1) is 11.4 Å². The first kappa shape index (κ1) is 12.8. The van der Waals surface area contributed by atoms with Gasteiger partial charge in [-0.3, -0.25) is 9.78 Å². The van der Waals surface area contributed by atoms with E-state index in [9.17, 15) is 4.79 Å². The molecule has 2 heterocycles. The van der Waals surface area contributed by atoms with Gasteiger partial charge in [-0.2, -0.15) is 0 Å². The molecule has 1 aliphatic rings. The predicted molar refractivity (Wildman–Crippen MR) is 68.7 cm³/mol. The SMILES string of the molecule is Cc1cnc(C)c(N2CCCC(CC(=O)O)C2)n1. The van der Waals surface area contributed by atoms with Crippen molar-refractivity contribution < 1.29 is 9.90 Å². The van der Waals surface area contributed by atoms with E-state index in [-0.39, 0.29) is 12.3 Å². The van der Waals surface area contributed by atoms with Crippen LogP contribution in [0.3, 0.4) is 0 Å². The Morgan fingerprint density at radius 3 is 3.06 bits per heavy atom. The van der Waals surface area contributed by atoms with Crippen molar-refractivity contribution in [3.63, 3.8) is 0 Å². The average molecular weight is 249 g/mol. The zero-order chi connectivity index (χ0) is 13.1. The number of aliphatic carboxylic acids is 1. The van der Waals surface area contributed by atoms with Crippen molar-refractivity contribution >= 4 is 11.8 Å². The third-order valence-corrected chi connectivity index (χ3v) is 3.33. The summed E-state index contributed by atoms with van der Waals surface area (Å²) in [5.41, 5.74) is 1.81. The topological polar surface area (TPSA) is 66.3 Å². The Hall–Kier alpha value is -1.65. The lowest BCUT2D eigenvalue weighted by Crippen LogP contribution is -2.37. The fraction of sp³-hybridized carbons (Fsp3) is 0.615. The van der Waals surface area contributed by atoms with Crippen molar-refractivity contribution in [3.05, 3.63) is 17.6 Å². The molecule has 0 radical (unpaired) electrons. The summed E-state index contributed by atoms with van der Waals surface area (Å²) in [5.74, 6) is 0.414. The normalized spacial score (nSPS) is 19.9. The van der Waals surface area contributed by atoms with E-state index in [0.29, 0.717) is 0 Å². The maximum absolute atomic E-state index is 10.8. The van der Waals surface area contributed by atoms with Crippen LogP contribution in [0.25, 0.3) is 0 Å². The third-order valence-electron chi connectivity index (χ3n) is 3.33. The van der Waals surface area contributed by atoms with Gasteiger partial charge in [-0.25, -0.2) is 4.98 Å². The summed E-state index contributed by atoms with van der Waals surface area (Å²) >= 11 is 0. The molecule has 1 fully saturated rings. The molecule has 0 amide bonds. The Bertz CT molecular complexity index is 448. The molecule has 1 N–H and O–H groups in total. The van der Waals surface area contributed by atoms with E-state index in [1.54, 1.807) is 6.20 Å². The van der Waals surface area contributed by atoms with Crippen LogP contribution in [0.1, 0.15) is 30.7 Å². The van der Waals surface area contributed by atoms with E-state index in [0.717, 1.165) is 43.1 Å². The van der Waals surface area contributed by atoms with Gasteiger partial charge in [-0.05, 0) is 32.6 Å². The number of hydrogen-bond donors (Lipinski definition) is 1. The molecule has 1 unspecified atom stereocenters. The van der Waals surface area contributed by atoms with Gasteiger partial charge in [-0.1, -0.05) is 0 Å². The van der Waals surface area contributed by atoms with E-state index >= 15 is 0 Å². The van der Waals surface area contributed by atoms with E-state index < -0.39 is 5.97 Å². The number of hydrogen-bond acceptors (Lipinski definition) is 4. The monoisotopic (exact) mass is 249 g/mol. The van der Waals surface area contributed by atoms with Crippen molar-refractivity contribution in [2.45, 2.75) is 33.1 Å². The van der Waals surface area contributed by atoms with E-state index in [4.69, 9.17) is 5.11 Å². The van der Waals surface area contributed by atoms with Crippen LogP contribution < -0.4 is 4.90 Å². The van der Waals surface area contributed by atoms with Gasteiger partial charge in [0.2, 0.25) is 0 Å². The minimum atomic E-state index is -0.714. The molecule has 1 aromatic rings. The highest BCUT2D eigenvalue weighted by atomic mass is 16.4. The van der Waals surface area contributed by atoms with Gasteiger partial charge in [0.1, 0.15) is 5.82 Å². The highest BCUT2D eigenvalue weighted by Gasteiger charge is 2.24. The van der Waals surface area contributed by atoms with Crippen LogP contribution in [0.2, 0.25) is 0 Å². The van der Waals surface area contributed by atoms with Crippen LogP contribution in [0.5, 0.6) is 0 Å². The molecule has 5 nitrogen and oxygen atoms in total. The Morgan fingerprint density at radius 1 is 1.56 bits per heavy atom. The Balaban J connectivity index is 2.12. The van der Waals surface area contributed by atoms with Gasteiger partial charge in [-0.15, -0.1) is 0 Å². The summed E-state index contributed by atoms with van der Waals surface area (Å²) in [7, 11) is 0. The fourth-order valence-electron chi connectivity index (χ4n) is 2.50. The molecule has 0 bridgehead atoms. The third kappa shape index (κ3) is 2.97. The molecule has 0 aliphatic carbocycles. The molecule has 0 saturated carbocycles. The van der Waals surface area contributed by atoms with Gasteiger partial charge < -0.3 is 10.0 Å². The van der Waals surface area contributed by atoms with E-state index in [1.165, 1.54) is 0 Å². The Labute approximate surface area is 107 Å². The number of anilines is 1. The number of aryl methyl sites for hydroxylation is 2. The molecule has 0 aromatic carbocycles. The second kappa shape index (κ2) is 5.33. The van der Waals surface area contributed by atoms with Crippen molar-refractivity contribution in [2.24, 2.45) is 5.92 Å². The molecule has 1 aromatic heterocycles. The van der Waals surface area contributed by atoms with Gasteiger partial charge in [0.25, 0.3) is 0 Å². The van der Waals surface area contributed by atoms with Crippen LogP contribution in [0.4, 0.5) is 5.82 Å². The number of carboxylic acids is 1. The summed E-state index contributed by atoms with van der Waals surface area (Å²) in [6.07, 6.45) is 4.01. The summed E-state index contributed by atoms with van der Waals surface area (Å²) in [4.78, 5) is 21.8. The van der Waals surface area contributed by atoms with Crippen molar-refractivity contribution in [2.75, 3.05) is 18.0 Å². The lowest BCUT2D eigenvalue weighted by atomic mass is 9.95. The standard InChI is InChI=1S/C13H19N3O2/c1-9-7-14-10(2)13(15-9)16-5-3-4-11(8-16)6-12(17)18/h7,11H,3-6,8H2,1-2H3,(H,17,18). The first-order valence-corrected chi connectivity index (χ1v) is 6.33. The minimum absolute atomic E-state index is 0.220. The van der Waals surface area contributed by atoms with Crippen LogP contribution >= 0.6 is 0 Å². The zero-order valence-corrected chi connectivity index (χ0v) is 10.9. The first-order chi connectivity index (χ1) is 8.56. The summed E-state index contributed by atoms with van der Waals surface area (Å²) in [6, 6.07) is 0. The first-order valence-electron chi connectivity index (χ1n) is 6.33. The quantitative estimate of drug-likeness (QED) is 0.884. The van der Waals surface area contributed by atoms with Gasteiger partial charge >= 0.3 is 5.97 Å². The van der Waals surface area contributed by atoms with Crippen LogP contribution in [-0.2, 0) is 4.79 Å². The molecule has 2 rings (SSSR count). The molecule has 1 atom stereocenters. The highest BCUT2D eigenvalue weighted by Crippen LogP contribution is 2.25. The summed E-state index contributed by atoms with van der Waals surface area (Å²) < 4.78 is 0. The summed E-state index contributed by atoms with van der Waals surface area (Å²) in [5, 5.41) is 8.87. The van der Waals surface area contributed by atoms with Crippen molar-refractivity contribution in [1.29, 1.82) is 0 Å². The Morgan fingerprint density at radius 2 is 2.33 bits per heavy atom. The molecular formula is C13H19N3O2. The van der Waals surface area contributed by atoms with E-state index in [1.807, 2.05) is 13.8 Å². The predicted octanol–water partition coefficient (Wildman–Crippen LogP) is 1.78. The number of carbonyl (C=O) groups is 1. The number of carboxylic acid groups (broad SMARTS) is 1. The van der Waals surface area contributed by atoms with Crippen LogP contribution in [-0.4, -0.2) is 34.1 Å². The second-order valence-corrected chi connectivity index (χ2v) is 4.97. The smallest absolute Gasteiger partial charge is 0.303 e.